The Bertz CT molecular complexity index is 1300. The zero-order chi connectivity index (χ0) is 25.9. The Morgan fingerprint density at radius 1 is 0.946 bits per heavy atom. The molecule has 0 N–H and O–H groups in total. The van der Waals surface area contributed by atoms with Crippen molar-refractivity contribution in [3.63, 3.8) is 0 Å². The summed E-state index contributed by atoms with van der Waals surface area (Å²) in [5.74, 6) is 0.961. The molecule has 2 aromatic carbocycles. The fourth-order valence-corrected chi connectivity index (χ4v) is 5.73. The van der Waals surface area contributed by atoms with E-state index in [2.05, 4.69) is 55.1 Å². The van der Waals surface area contributed by atoms with Crippen LogP contribution in [-0.2, 0) is 11.3 Å². The molecule has 2 aliphatic rings. The predicted octanol–water partition coefficient (Wildman–Crippen LogP) is 4.84. The first-order valence-electron chi connectivity index (χ1n) is 13.8. The van der Waals surface area contributed by atoms with Gasteiger partial charge in [-0.1, -0.05) is 63.3 Å². The van der Waals surface area contributed by atoms with Crippen LogP contribution in [0.25, 0.3) is 10.9 Å². The molecule has 1 aliphatic heterocycles. The van der Waals surface area contributed by atoms with Crippen LogP contribution in [0.15, 0.2) is 53.3 Å². The van der Waals surface area contributed by atoms with Crippen molar-refractivity contribution in [2.75, 3.05) is 43.5 Å². The molecule has 1 amide bonds. The van der Waals surface area contributed by atoms with Gasteiger partial charge < -0.3 is 9.80 Å². The third kappa shape index (κ3) is 5.28. The fraction of sp³-hybridized carbons (Fsp3) is 0.500. The lowest BCUT2D eigenvalue weighted by molar-refractivity contribution is -0.121. The Morgan fingerprint density at radius 2 is 1.68 bits per heavy atom. The van der Waals surface area contributed by atoms with E-state index in [0.717, 1.165) is 50.1 Å². The Balaban J connectivity index is 1.41. The summed E-state index contributed by atoms with van der Waals surface area (Å²) in [6.07, 6.45) is 6.68. The van der Waals surface area contributed by atoms with Gasteiger partial charge in [-0.3, -0.25) is 19.1 Å². The summed E-state index contributed by atoms with van der Waals surface area (Å²) in [5, 5.41) is 0.579. The molecule has 0 bridgehead atoms. The SMILES string of the molecule is CCN(C)CCN(C)c1ccc(CN2C(=O)C(CC3CCCCC3)n3c2nc2ccccc2c3=O)cc1. The van der Waals surface area contributed by atoms with E-state index in [1.165, 1.54) is 19.3 Å². The van der Waals surface area contributed by atoms with Crippen molar-refractivity contribution < 1.29 is 4.79 Å². The maximum absolute atomic E-state index is 13.8. The molecule has 1 fully saturated rings. The van der Waals surface area contributed by atoms with E-state index in [1.807, 2.05) is 24.3 Å². The van der Waals surface area contributed by atoms with Crippen LogP contribution in [-0.4, -0.2) is 54.1 Å². The smallest absolute Gasteiger partial charge is 0.263 e. The fourth-order valence-electron chi connectivity index (χ4n) is 5.73. The van der Waals surface area contributed by atoms with E-state index >= 15 is 0 Å². The van der Waals surface area contributed by atoms with Gasteiger partial charge in [-0.25, -0.2) is 4.98 Å². The molecule has 1 unspecified atom stereocenters. The van der Waals surface area contributed by atoms with Crippen molar-refractivity contribution in [1.29, 1.82) is 0 Å². The third-order valence-corrected chi connectivity index (χ3v) is 8.25. The first-order valence-corrected chi connectivity index (χ1v) is 13.8. The second-order valence-electron chi connectivity index (χ2n) is 10.8. The lowest BCUT2D eigenvalue weighted by atomic mass is 9.84. The minimum absolute atomic E-state index is 0.00530. The molecule has 2 heterocycles. The van der Waals surface area contributed by atoms with Crippen molar-refractivity contribution in [1.82, 2.24) is 14.5 Å². The molecule has 1 atom stereocenters. The minimum atomic E-state index is -0.469. The summed E-state index contributed by atoms with van der Waals surface area (Å²) >= 11 is 0. The van der Waals surface area contributed by atoms with Gasteiger partial charge in [0.1, 0.15) is 6.04 Å². The number of para-hydroxylation sites is 1. The number of benzene rings is 2. The lowest BCUT2D eigenvalue weighted by Gasteiger charge is -2.24. The van der Waals surface area contributed by atoms with Crippen LogP contribution in [0.4, 0.5) is 11.6 Å². The summed E-state index contributed by atoms with van der Waals surface area (Å²) in [6.45, 7) is 5.56. The third-order valence-electron chi connectivity index (χ3n) is 8.25. The number of amides is 1. The van der Waals surface area contributed by atoms with Crippen LogP contribution in [0, 0.1) is 5.92 Å². The number of rotatable bonds is 9. The summed E-state index contributed by atoms with van der Waals surface area (Å²) in [7, 11) is 4.24. The summed E-state index contributed by atoms with van der Waals surface area (Å²) < 4.78 is 1.69. The van der Waals surface area contributed by atoms with Crippen LogP contribution in [0.2, 0.25) is 0 Å². The Hall–Kier alpha value is -3.19. The number of hydrogen-bond acceptors (Lipinski definition) is 5. The van der Waals surface area contributed by atoms with Crippen molar-refractivity contribution in [3.05, 3.63) is 64.4 Å². The Morgan fingerprint density at radius 3 is 2.41 bits per heavy atom. The van der Waals surface area contributed by atoms with Crippen LogP contribution >= 0.6 is 0 Å². The molecule has 5 rings (SSSR count). The molecule has 1 aromatic heterocycles. The Labute approximate surface area is 219 Å². The van der Waals surface area contributed by atoms with E-state index < -0.39 is 6.04 Å². The maximum Gasteiger partial charge on any atom is 0.263 e. The molecular weight excluding hydrogens is 462 g/mol. The van der Waals surface area contributed by atoms with Gasteiger partial charge in [0.2, 0.25) is 5.95 Å². The van der Waals surface area contributed by atoms with Gasteiger partial charge in [0.15, 0.2) is 0 Å². The summed E-state index contributed by atoms with van der Waals surface area (Å²) in [5.41, 5.74) is 2.72. The molecular formula is C30H39N5O2. The average Bonchev–Trinajstić information content (AvgIpc) is 3.18. The molecule has 0 radical (unpaired) electrons. The normalized spacial score (nSPS) is 18.1. The molecule has 196 valence electrons. The second kappa shape index (κ2) is 11.1. The van der Waals surface area contributed by atoms with Gasteiger partial charge in [-0.2, -0.15) is 0 Å². The van der Waals surface area contributed by atoms with Crippen LogP contribution < -0.4 is 15.4 Å². The minimum Gasteiger partial charge on any atom is -0.373 e. The highest BCUT2D eigenvalue weighted by Gasteiger charge is 2.41. The molecule has 0 saturated heterocycles. The zero-order valence-electron chi connectivity index (χ0n) is 22.4. The number of nitrogens with zero attached hydrogens (tertiary/aromatic N) is 5. The highest BCUT2D eigenvalue weighted by Crippen LogP contribution is 2.37. The number of likely N-dealkylation sites (N-methyl/N-ethyl adjacent to an activating group) is 2. The number of carbonyl (C=O) groups excluding carboxylic acids is 1. The number of hydrogen-bond donors (Lipinski definition) is 0. The largest absolute Gasteiger partial charge is 0.373 e. The zero-order valence-corrected chi connectivity index (χ0v) is 22.4. The molecule has 7 heteroatoms. The first-order chi connectivity index (χ1) is 18.0. The van der Waals surface area contributed by atoms with E-state index in [9.17, 15) is 9.59 Å². The van der Waals surface area contributed by atoms with Crippen molar-refractivity contribution >= 4 is 28.4 Å². The van der Waals surface area contributed by atoms with Gasteiger partial charge >= 0.3 is 0 Å². The van der Waals surface area contributed by atoms with Gasteiger partial charge in [0.05, 0.1) is 17.4 Å². The standard InChI is InChI=1S/C30H39N5O2/c1-4-32(2)18-19-33(3)24-16-14-23(15-17-24)21-34-29(37)27(20-22-10-6-5-7-11-22)35-28(36)25-12-8-9-13-26(25)31-30(34)35/h8-9,12-17,22,27H,4-7,10-11,18-21H2,1-3H3. The molecule has 37 heavy (non-hydrogen) atoms. The van der Waals surface area contributed by atoms with E-state index in [0.29, 0.717) is 29.3 Å². The quantitative estimate of drug-likeness (QED) is 0.420. The number of carbonyl (C=O) groups is 1. The molecule has 3 aromatic rings. The average molecular weight is 502 g/mol. The molecule has 7 nitrogen and oxygen atoms in total. The first kappa shape index (κ1) is 25.5. The second-order valence-corrected chi connectivity index (χ2v) is 10.8. The van der Waals surface area contributed by atoms with E-state index in [1.54, 1.807) is 9.47 Å². The van der Waals surface area contributed by atoms with Crippen molar-refractivity contribution in [2.45, 2.75) is 58.0 Å². The highest BCUT2D eigenvalue weighted by atomic mass is 16.2. The lowest BCUT2D eigenvalue weighted by Crippen LogP contribution is -2.31. The Kier molecular flexibility index (Phi) is 7.60. The number of fused-ring (bicyclic) bond motifs is 2. The number of aromatic nitrogens is 2. The highest BCUT2D eigenvalue weighted by molar-refractivity contribution is 5.99. The maximum atomic E-state index is 13.8. The monoisotopic (exact) mass is 501 g/mol. The van der Waals surface area contributed by atoms with Crippen molar-refractivity contribution in [3.8, 4) is 0 Å². The molecule has 0 spiro atoms. The van der Waals surface area contributed by atoms with Crippen LogP contribution in [0.3, 0.4) is 0 Å². The van der Waals surface area contributed by atoms with Crippen LogP contribution in [0.1, 0.15) is 57.1 Å². The summed E-state index contributed by atoms with van der Waals surface area (Å²) in [6, 6.07) is 15.3. The van der Waals surface area contributed by atoms with Gasteiger partial charge in [0, 0.05) is 25.8 Å². The summed E-state index contributed by atoms with van der Waals surface area (Å²) in [4.78, 5) is 38.6. The van der Waals surface area contributed by atoms with E-state index in [4.69, 9.17) is 4.98 Å². The van der Waals surface area contributed by atoms with Gasteiger partial charge in [-0.05, 0) is 55.8 Å². The molecule has 1 saturated carbocycles. The van der Waals surface area contributed by atoms with E-state index in [-0.39, 0.29) is 11.5 Å². The number of anilines is 2. The van der Waals surface area contributed by atoms with Crippen LogP contribution in [0.5, 0.6) is 0 Å². The van der Waals surface area contributed by atoms with Gasteiger partial charge in [-0.15, -0.1) is 0 Å². The van der Waals surface area contributed by atoms with Crippen molar-refractivity contribution in [2.24, 2.45) is 5.92 Å². The molecule has 1 aliphatic carbocycles. The topological polar surface area (TPSA) is 61.7 Å². The predicted molar refractivity (Wildman–Crippen MR) is 150 cm³/mol. The van der Waals surface area contributed by atoms with Gasteiger partial charge in [0.25, 0.3) is 11.5 Å².